The van der Waals surface area contributed by atoms with E-state index in [0.29, 0.717) is 22.7 Å². The van der Waals surface area contributed by atoms with Gasteiger partial charge in [-0.2, -0.15) is 9.61 Å². The van der Waals surface area contributed by atoms with Crippen molar-refractivity contribution >= 4 is 11.3 Å². The van der Waals surface area contributed by atoms with Crippen LogP contribution in [-0.2, 0) is 0 Å². The second kappa shape index (κ2) is 3.76. The average Bonchev–Trinajstić information content (AvgIpc) is 2.75. The minimum atomic E-state index is -0.372. The molecule has 0 aliphatic heterocycles. The smallest absolute Gasteiger partial charge is 0.187 e. The summed E-state index contributed by atoms with van der Waals surface area (Å²) in [4.78, 5) is 0. The highest BCUT2D eigenvalue weighted by Crippen LogP contribution is 2.25. The van der Waals surface area contributed by atoms with E-state index in [1.165, 1.54) is 18.2 Å². The molecule has 0 saturated heterocycles. The van der Waals surface area contributed by atoms with Gasteiger partial charge in [0.05, 0.1) is 5.69 Å². The van der Waals surface area contributed by atoms with Crippen LogP contribution in [-0.4, -0.2) is 19.8 Å². The van der Waals surface area contributed by atoms with Crippen molar-refractivity contribution in [3.63, 3.8) is 0 Å². The summed E-state index contributed by atoms with van der Waals surface area (Å²) in [6.45, 7) is 1.86. The Morgan fingerprint density at radius 3 is 2.83 bits per heavy atom. The number of nitrogens with zero attached hydrogens (tertiary/aromatic N) is 4. The lowest BCUT2D eigenvalue weighted by Gasteiger charge is -2.03. The molecular formula is C12H10FN5. The molecule has 2 aromatic heterocycles. The molecule has 18 heavy (non-hydrogen) atoms. The quantitative estimate of drug-likeness (QED) is 0.662. The number of aryl methyl sites for hydroxylation is 1. The number of hydrogen-bond acceptors (Lipinski definition) is 4. The van der Waals surface area contributed by atoms with Crippen LogP contribution in [0.1, 0.15) is 5.69 Å². The van der Waals surface area contributed by atoms with Crippen LogP contribution in [0.4, 0.5) is 10.1 Å². The first-order valence-electron chi connectivity index (χ1n) is 5.39. The Bertz CT molecular complexity index is 734. The molecule has 0 aliphatic rings. The van der Waals surface area contributed by atoms with Gasteiger partial charge < -0.3 is 5.73 Å². The van der Waals surface area contributed by atoms with Gasteiger partial charge >= 0.3 is 0 Å². The lowest BCUT2D eigenvalue weighted by atomic mass is 10.1. The van der Waals surface area contributed by atoms with Gasteiger partial charge in [-0.25, -0.2) is 4.39 Å². The molecular weight excluding hydrogens is 233 g/mol. The van der Waals surface area contributed by atoms with Crippen LogP contribution < -0.4 is 5.73 Å². The van der Waals surface area contributed by atoms with Crippen molar-refractivity contribution in [2.24, 2.45) is 0 Å². The molecule has 0 aliphatic carbocycles. The molecule has 0 saturated carbocycles. The molecule has 0 unspecified atom stereocenters. The molecule has 0 radical (unpaired) electrons. The van der Waals surface area contributed by atoms with Gasteiger partial charge in [0, 0.05) is 11.3 Å². The fourth-order valence-corrected chi connectivity index (χ4v) is 1.77. The zero-order valence-corrected chi connectivity index (χ0v) is 9.63. The Kier molecular flexibility index (Phi) is 2.22. The van der Waals surface area contributed by atoms with Gasteiger partial charge in [0.25, 0.3) is 0 Å². The third-order valence-corrected chi connectivity index (χ3v) is 2.65. The number of fused-ring (bicyclic) bond motifs is 1. The van der Waals surface area contributed by atoms with Crippen LogP contribution in [0.25, 0.3) is 17.0 Å². The molecule has 90 valence electrons. The van der Waals surface area contributed by atoms with E-state index in [-0.39, 0.29) is 5.82 Å². The second-order valence-corrected chi connectivity index (χ2v) is 4.00. The summed E-state index contributed by atoms with van der Waals surface area (Å²) >= 11 is 0. The Hall–Kier alpha value is -2.50. The van der Waals surface area contributed by atoms with E-state index in [1.807, 2.05) is 13.0 Å². The van der Waals surface area contributed by atoms with Crippen molar-refractivity contribution in [3.8, 4) is 11.4 Å². The van der Waals surface area contributed by atoms with Gasteiger partial charge in [0.2, 0.25) is 0 Å². The summed E-state index contributed by atoms with van der Waals surface area (Å²) < 4.78 is 14.8. The molecule has 6 heteroatoms. The van der Waals surface area contributed by atoms with Gasteiger partial charge in [-0.05, 0) is 37.3 Å². The molecule has 2 N–H and O–H groups in total. The number of nitrogen functional groups attached to an aromatic ring is 1. The summed E-state index contributed by atoms with van der Waals surface area (Å²) in [6, 6.07) is 7.77. The maximum atomic E-state index is 13.3. The third-order valence-electron chi connectivity index (χ3n) is 2.65. The highest BCUT2D eigenvalue weighted by atomic mass is 19.1. The number of hydrogen-bond donors (Lipinski definition) is 1. The molecule has 0 fully saturated rings. The van der Waals surface area contributed by atoms with Crippen LogP contribution in [0.3, 0.4) is 0 Å². The van der Waals surface area contributed by atoms with E-state index in [0.717, 1.165) is 5.69 Å². The Morgan fingerprint density at radius 1 is 1.17 bits per heavy atom. The summed E-state index contributed by atoms with van der Waals surface area (Å²) in [5.74, 6) is 0.0642. The average molecular weight is 243 g/mol. The van der Waals surface area contributed by atoms with E-state index < -0.39 is 0 Å². The van der Waals surface area contributed by atoms with Gasteiger partial charge in [0.15, 0.2) is 11.5 Å². The summed E-state index contributed by atoms with van der Waals surface area (Å²) in [5, 5.41) is 12.3. The molecule has 1 aromatic carbocycles. The van der Waals surface area contributed by atoms with Crippen LogP contribution >= 0.6 is 0 Å². The lowest BCUT2D eigenvalue weighted by Crippen LogP contribution is -1.99. The standard InChI is InChI=1S/C12H10FN5/c1-7-2-5-11-15-16-12(18(11)17-7)9-6-8(13)3-4-10(9)14/h2-6H,14H2,1H3. The number of nitrogens with two attached hydrogens (primary N) is 1. The summed E-state index contributed by atoms with van der Waals surface area (Å²) in [6.07, 6.45) is 0. The van der Waals surface area contributed by atoms with Crippen molar-refractivity contribution in [1.29, 1.82) is 0 Å². The molecule has 0 atom stereocenters. The van der Waals surface area contributed by atoms with Crippen molar-refractivity contribution in [3.05, 3.63) is 41.8 Å². The van der Waals surface area contributed by atoms with Crippen LogP contribution in [0, 0.1) is 12.7 Å². The number of anilines is 1. The third kappa shape index (κ3) is 1.58. The molecule has 0 bridgehead atoms. The van der Waals surface area contributed by atoms with Crippen LogP contribution in [0.15, 0.2) is 30.3 Å². The first-order chi connectivity index (χ1) is 8.65. The van der Waals surface area contributed by atoms with Crippen LogP contribution in [0.2, 0.25) is 0 Å². The normalized spacial score (nSPS) is 11.0. The Labute approximate surface area is 102 Å². The van der Waals surface area contributed by atoms with Gasteiger partial charge in [-0.15, -0.1) is 10.2 Å². The minimum Gasteiger partial charge on any atom is -0.398 e. The fourth-order valence-electron chi connectivity index (χ4n) is 1.77. The maximum Gasteiger partial charge on any atom is 0.187 e. The Balaban J connectivity index is 2.31. The van der Waals surface area contributed by atoms with Crippen LogP contribution in [0.5, 0.6) is 0 Å². The van der Waals surface area contributed by atoms with Crippen molar-refractivity contribution < 1.29 is 4.39 Å². The largest absolute Gasteiger partial charge is 0.398 e. The molecule has 3 rings (SSSR count). The highest BCUT2D eigenvalue weighted by molar-refractivity contribution is 5.72. The molecule has 5 nitrogen and oxygen atoms in total. The van der Waals surface area contributed by atoms with Gasteiger partial charge in [0.1, 0.15) is 5.82 Å². The lowest BCUT2D eigenvalue weighted by molar-refractivity contribution is 0.628. The van der Waals surface area contributed by atoms with Crippen molar-refractivity contribution in [1.82, 2.24) is 19.8 Å². The number of halogens is 1. The van der Waals surface area contributed by atoms with Gasteiger partial charge in [-0.3, -0.25) is 0 Å². The van der Waals surface area contributed by atoms with E-state index in [9.17, 15) is 4.39 Å². The minimum absolute atomic E-state index is 0.372. The zero-order chi connectivity index (χ0) is 12.7. The summed E-state index contributed by atoms with van der Waals surface area (Å²) in [7, 11) is 0. The molecule has 2 heterocycles. The first-order valence-corrected chi connectivity index (χ1v) is 5.39. The zero-order valence-electron chi connectivity index (χ0n) is 9.63. The van der Waals surface area contributed by atoms with E-state index in [4.69, 9.17) is 5.73 Å². The summed E-state index contributed by atoms with van der Waals surface area (Å²) in [5.41, 5.74) is 8.17. The predicted octanol–water partition coefficient (Wildman–Crippen LogP) is 1.82. The fraction of sp³-hybridized carbons (Fsp3) is 0.0833. The molecule has 3 aromatic rings. The van der Waals surface area contributed by atoms with Gasteiger partial charge in [-0.1, -0.05) is 0 Å². The van der Waals surface area contributed by atoms with Crippen molar-refractivity contribution in [2.75, 3.05) is 5.73 Å². The van der Waals surface area contributed by atoms with E-state index in [2.05, 4.69) is 15.3 Å². The maximum absolute atomic E-state index is 13.3. The topological polar surface area (TPSA) is 69.1 Å². The van der Waals surface area contributed by atoms with Crippen molar-refractivity contribution in [2.45, 2.75) is 6.92 Å². The SMILES string of the molecule is Cc1ccc2nnc(-c3cc(F)ccc3N)n2n1. The predicted molar refractivity (Wildman–Crippen MR) is 65.3 cm³/mol. The first kappa shape index (κ1) is 10.6. The highest BCUT2D eigenvalue weighted by Gasteiger charge is 2.12. The molecule has 0 amide bonds. The van der Waals surface area contributed by atoms with E-state index >= 15 is 0 Å². The Morgan fingerprint density at radius 2 is 2.00 bits per heavy atom. The second-order valence-electron chi connectivity index (χ2n) is 4.00. The number of aromatic nitrogens is 4. The number of benzene rings is 1. The molecule has 0 spiro atoms. The number of rotatable bonds is 1. The van der Waals surface area contributed by atoms with E-state index in [1.54, 1.807) is 10.6 Å². The monoisotopic (exact) mass is 243 g/mol.